The summed E-state index contributed by atoms with van der Waals surface area (Å²) in [5.74, 6) is -0.118. The number of nitrogens with zero attached hydrogens (tertiary/aromatic N) is 1. The molecule has 0 atom stereocenters. The van der Waals surface area contributed by atoms with Crippen molar-refractivity contribution in [1.29, 1.82) is 5.26 Å². The van der Waals surface area contributed by atoms with Crippen LogP contribution >= 0.6 is 11.3 Å². The van der Waals surface area contributed by atoms with Gasteiger partial charge in [-0.15, -0.1) is 11.3 Å². The number of hydrogen-bond acceptors (Lipinski definition) is 4. The number of amides is 1. The van der Waals surface area contributed by atoms with E-state index in [1.165, 1.54) is 17.7 Å². The Labute approximate surface area is 129 Å². The summed E-state index contributed by atoms with van der Waals surface area (Å²) < 4.78 is 0. The van der Waals surface area contributed by atoms with Gasteiger partial charge in [0, 0.05) is 4.88 Å². The van der Waals surface area contributed by atoms with Crippen LogP contribution < -0.4 is 11.1 Å². The van der Waals surface area contributed by atoms with Crippen LogP contribution in [-0.4, -0.2) is 11.4 Å². The second-order valence-corrected chi connectivity index (χ2v) is 7.30. The molecule has 0 spiro atoms. The van der Waals surface area contributed by atoms with Crippen LogP contribution in [0.4, 0.5) is 5.00 Å². The van der Waals surface area contributed by atoms with Gasteiger partial charge in [-0.2, -0.15) is 5.26 Å². The fraction of sp³-hybridized carbons (Fsp3) is 0.625. The van der Waals surface area contributed by atoms with Crippen LogP contribution in [0.15, 0.2) is 0 Å². The minimum absolute atomic E-state index is 0.118. The van der Waals surface area contributed by atoms with Gasteiger partial charge in [0.05, 0.1) is 11.1 Å². The molecule has 0 aromatic carbocycles. The summed E-state index contributed by atoms with van der Waals surface area (Å²) in [5.41, 5.74) is 7.29. The van der Waals surface area contributed by atoms with Crippen molar-refractivity contribution in [1.82, 2.24) is 0 Å². The summed E-state index contributed by atoms with van der Waals surface area (Å²) in [6.45, 7) is 0. The summed E-state index contributed by atoms with van der Waals surface area (Å²) in [5, 5.41) is 13.1. The van der Waals surface area contributed by atoms with Gasteiger partial charge >= 0.3 is 0 Å². The van der Waals surface area contributed by atoms with E-state index in [2.05, 4.69) is 11.4 Å². The van der Waals surface area contributed by atoms with E-state index >= 15 is 0 Å². The van der Waals surface area contributed by atoms with Crippen molar-refractivity contribution < 1.29 is 4.79 Å². The number of carbonyl (C=O) groups is 1. The number of aryl methyl sites for hydroxylation is 1. The molecule has 112 valence electrons. The quantitative estimate of drug-likeness (QED) is 0.824. The molecule has 0 unspecified atom stereocenters. The Morgan fingerprint density at radius 1 is 1.19 bits per heavy atom. The second-order valence-electron chi connectivity index (χ2n) is 6.20. The average molecular weight is 303 g/mol. The first-order chi connectivity index (χ1) is 10.1. The Balaban J connectivity index is 1.86. The van der Waals surface area contributed by atoms with Crippen LogP contribution in [0.2, 0.25) is 0 Å². The van der Waals surface area contributed by atoms with Gasteiger partial charge < -0.3 is 11.1 Å². The number of thiophene rings is 1. The summed E-state index contributed by atoms with van der Waals surface area (Å²) in [7, 11) is 0. The smallest absolute Gasteiger partial charge is 0.245 e. The maximum Gasteiger partial charge on any atom is 0.245 e. The molecule has 1 fully saturated rings. The van der Waals surface area contributed by atoms with Gasteiger partial charge in [-0.3, -0.25) is 4.79 Å². The topological polar surface area (TPSA) is 78.9 Å². The lowest BCUT2D eigenvalue weighted by Crippen LogP contribution is -2.48. The summed E-state index contributed by atoms with van der Waals surface area (Å²) in [6.07, 6.45) is 9.01. The number of anilines is 1. The van der Waals surface area contributed by atoms with Gasteiger partial charge in [0.25, 0.3) is 0 Å². The lowest BCUT2D eigenvalue weighted by atomic mass is 9.98. The fourth-order valence-electron chi connectivity index (χ4n) is 3.41. The third-order valence-electron chi connectivity index (χ3n) is 4.71. The molecule has 3 N–H and O–H groups in total. The highest BCUT2D eigenvalue weighted by Gasteiger charge is 2.37. The molecule has 3 rings (SSSR count). The zero-order valence-corrected chi connectivity index (χ0v) is 13.0. The number of hydrogen-bond donors (Lipinski definition) is 2. The molecule has 5 heteroatoms. The molecule has 2 aliphatic rings. The molecule has 4 nitrogen and oxygen atoms in total. The lowest BCUT2D eigenvalue weighted by molar-refractivity contribution is -0.120. The average Bonchev–Trinajstić information content (AvgIpc) is 2.97. The molecule has 2 aliphatic carbocycles. The third kappa shape index (κ3) is 2.70. The van der Waals surface area contributed by atoms with Crippen molar-refractivity contribution in [2.24, 2.45) is 5.73 Å². The Morgan fingerprint density at radius 3 is 2.62 bits per heavy atom. The molecule has 1 heterocycles. The zero-order valence-electron chi connectivity index (χ0n) is 12.2. The van der Waals surface area contributed by atoms with Gasteiger partial charge in [-0.1, -0.05) is 19.3 Å². The molecule has 0 saturated heterocycles. The number of carbonyl (C=O) groups excluding carboxylic acids is 1. The van der Waals surface area contributed by atoms with Gasteiger partial charge in [0.2, 0.25) is 5.91 Å². The van der Waals surface area contributed by atoms with Gasteiger partial charge in [0.1, 0.15) is 11.1 Å². The first-order valence-corrected chi connectivity index (χ1v) is 8.61. The van der Waals surface area contributed by atoms with Crippen LogP contribution in [0.1, 0.15) is 60.9 Å². The van der Waals surface area contributed by atoms with E-state index in [1.807, 2.05) is 0 Å². The molecule has 0 bridgehead atoms. The van der Waals surface area contributed by atoms with Crippen LogP contribution in [0.3, 0.4) is 0 Å². The molecule has 0 radical (unpaired) electrons. The van der Waals surface area contributed by atoms with Crippen LogP contribution in [0.5, 0.6) is 0 Å². The van der Waals surface area contributed by atoms with Crippen molar-refractivity contribution in [3.8, 4) is 6.07 Å². The molecular formula is C16H21N3OS. The zero-order chi connectivity index (χ0) is 14.9. The van der Waals surface area contributed by atoms with Crippen molar-refractivity contribution in [2.45, 2.75) is 63.3 Å². The third-order valence-corrected chi connectivity index (χ3v) is 5.92. The van der Waals surface area contributed by atoms with Crippen molar-refractivity contribution in [2.75, 3.05) is 5.32 Å². The largest absolute Gasteiger partial charge is 0.317 e. The van der Waals surface area contributed by atoms with Gasteiger partial charge in [-0.25, -0.2) is 0 Å². The van der Waals surface area contributed by atoms with E-state index in [-0.39, 0.29) is 5.91 Å². The summed E-state index contributed by atoms with van der Waals surface area (Å²) in [4.78, 5) is 13.7. The molecule has 0 aliphatic heterocycles. The first kappa shape index (κ1) is 14.6. The highest BCUT2D eigenvalue weighted by molar-refractivity contribution is 7.16. The number of fused-ring (bicyclic) bond motifs is 1. The van der Waals surface area contributed by atoms with Crippen LogP contribution in [0, 0.1) is 11.3 Å². The molecular weight excluding hydrogens is 282 g/mol. The van der Waals surface area contributed by atoms with Crippen LogP contribution in [0.25, 0.3) is 0 Å². The van der Waals surface area contributed by atoms with E-state index in [4.69, 9.17) is 5.73 Å². The number of nitriles is 1. The normalized spacial score (nSPS) is 20.4. The Morgan fingerprint density at radius 2 is 1.90 bits per heavy atom. The van der Waals surface area contributed by atoms with Gasteiger partial charge in [0.15, 0.2) is 0 Å². The summed E-state index contributed by atoms with van der Waals surface area (Å²) in [6, 6.07) is 2.29. The second kappa shape index (κ2) is 5.78. The number of rotatable bonds is 2. The van der Waals surface area contributed by atoms with E-state index in [9.17, 15) is 10.1 Å². The monoisotopic (exact) mass is 303 g/mol. The molecule has 21 heavy (non-hydrogen) atoms. The maximum absolute atomic E-state index is 12.4. The van der Waals surface area contributed by atoms with Gasteiger partial charge in [-0.05, 0) is 44.1 Å². The predicted molar refractivity (Wildman–Crippen MR) is 84.3 cm³/mol. The molecule has 1 aromatic heterocycles. The van der Waals surface area contributed by atoms with E-state index in [0.29, 0.717) is 10.6 Å². The van der Waals surface area contributed by atoms with Crippen molar-refractivity contribution in [3.63, 3.8) is 0 Å². The summed E-state index contributed by atoms with van der Waals surface area (Å²) >= 11 is 1.58. The van der Waals surface area contributed by atoms with E-state index < -0.39 is 5.54 Å². The highest BCUT2D eigenvalue weighted by Crippen LogP contribution is 2.38. The maximum atomic E-state index is 12.4. The fourth-order valence-corrected chi connectivity index (χ4v) is 4.64. The number of nitrogens with one attached hydrogen (secondary N) is 1. The molecule has 1 aromatic rings. The van der Waals surface area contributed by atoms with Crippen molar-refractivity contribution in [3.05, 3.63) is 16.0 Å². The first-order valence-electron chi connectivity index (χ1n) is 7.79. The Hall–Kier alpha value is -1.38. The van der Waals surface area contributed by atoms with E-state index in [1.54, 1.807) is 11.3 Å². The number of nitrogens with two attached hydrogens (primary N) is 1. The standard InChI is InChI=1S/C16H21N3OS/c17-10-12-11-6-2-1-3-7-13(11)21-14(12)19-15(20)16(18)8-4-5-9-16/h1-9,18H2,(H,19,20). The van der Waals surface area contributed by atoms with E-state index in [0.717, 1.165) is 50.5 Å². The highest BCUT2D eigenvalue weighted by atomic mass is 32.1. The Kier molecular flexibility index (Phi) is 4.01. The SMILES string of the molecule is N#Cc1c(NC(=O)C2(N)CCCC2)sc2c1CCCCC2. The molecule has 1 saturated carbocycles. The molecule has 1 amide bonds. The minimum Gasteiger partial charge on any atom is -0.317 e. The van der Waals surface area contributed by atoms with Crippen molar-refractivity contribution >= 4 is 22.2 Å². The lowest BCUT2D eigenvalue weighted by Gasteiger charge is -2.21. The predicted octanol–water partition coefficient (Wildman–Crippen LogP) is 3.10. The van der Waals surface area contributed by atoms with Crippen LogP contribution in [-0.2, 0) is 17.6 Å². The Bertz CT molecular complexity index is 593. The minimum atomic E-state index is -0.742.